The van der Waals surface area contributed by atoms with Crippen molar-refractivity contribution in [2.75, 3.05) is 38.6 Å². The molecule has 0 radical (unpaired) electrons. The van der Waals surface area contributed by atoms with E-state index >= 15 is 0 Å². The lowest BCUT2D eigenvalue weighted by Crippen LogP contribution is -2.44. The van der Waals surface area contributed by atoms with Crippen LogP contribution in [0.1, 0.15) is 24.0 Å². The van der Waals surface area contributed by atoms with E-state index in [-0.39, 0.29) is 22.5 Å². The molecule has 1 amide bonds. The van der Waals surface area contributed by atoms with Gasteiger partial charge in [0, 0.05) is 39.4 Å². The molecule has 0 unspecified atom stereocenters. The van der Waals surface area contributed by atoms with E-state index in [0.29, 0.717) is 26.1 Å². The maximum absolute atomic E-state index is 13.3. The van der Waals surface area contributed by atoms with Crippen molar-refractivity contribution >= 4 is 21.6 Å². The van der Waals surface area contributed by atoms with Gasteiger partial charge in [-0.3, -0.25) is 9.69 Å². The van der Waals surface area contributed by atoms with E-state index < -0.39 is 10.0 Å². The summed E-state index contributed by atoms with van der Waals surface area (Å²) in [6.07, 6.45) is 2.44. The Morgan fingerprint density at radius 1 is 1.13 bits per heavy atom. The van der Waals surface area contributed by atoms with Crippen molar-refractivity contribution in [3.8, 4) is 0 Å². The Bertz CT molecular complexity index is 1070. The van der Waals surface area contributed by atoms with Crippen LogP contribution in [0.5, 0.6) is 0 Å². The van der Waals surface area contributed by atoms with Crippen LogP contribution in [-0.2, 0) is 27.8 Å². The standard InChI is InChI=1S/C23H28FN3O3S/c1-25(2)31(29,30)21-9-10-22-18(14-21)11-13-27(22)23(28)19-4-3-12-26(16-19)15-17-5-7-20(24)8-6-17/h5-10,14,19H,3-4,11-13,15-16H2,1-2H3/t19-/m1/s1. The number of piperidine rings is 1. The molecule has 2 aromatic carbocycles. The number of carbonyl (C=O) groups excluding carboxylic acids is 1. The average molecular weight is 446 g/mol. The number of nitrogens with zero attached hydrogens (tertiary/aromatic N) is 3. The lowest BCUT2D eigenvalue weighted by Gasteiger charge is -2.34. The molecule has 0 saturated carbocycles. The lowest BCUT2D eigenvalue weighted by molar-refractivity contribution is -0.124. The number of hydrogen-bond acceptors (Lipinski definition) is 4. The number of fused-ring (bicyclic) bond motifs is 1. The Morgan fingerprint density at radius 2 is 1.87 bits per heavy atom. The molecule has 8 heteroatoms. The van der Waals surface area contributed by atoms with Crippen LogP contribution >= 0.6 is 0 Å². The predicted molar refractivity (Wildman–Crippen MR) is 118 cm³/mol. The van der Waals surface area contributed by atoms with E-state index in [4.69, 9.17) is 0 Å². The van der Waals surface area contributed by atoms with Gasteiger partial charge in [-0.15, -0.1) is 0 Å². The molecule has 0 bridgehead atoms. The molecule has 6 nitrogen and oxygen atoms in total. The number of amides is 1. The average Bonchev–Trinajstić information content (AvgIpc) is 3.18. The Morgan fingerprint density at radius 3 is 2.58 bits per heavy atom. The minimum Gasteiger partial charge on any atom is -0.312 e. The number of rotatable bonds is 5. The summed E-state index contributed by atoms with van der Waals surface area (Å²) in [5, 5.41) is 0. The zero-order valence-corrected chi connectivity index (χ0v) is 18.7. The van der Waals surface area contributed by atoms with Gasteiger partial charge in [-0.1, -0.05) is 12.1 Å². The van der Waals surface area contributed by atoms with E-state index in [1.807, 2.05) is 4.90 Å². The SMILES string of the molecule is CN(C)S(=O)(=O)c1ccc2c(c1)CCN2C(=O)[C@@H]1CCCN(Cc2ccc(F)cc2)C1. The molecule has 1 fully saturated rings. The second-order valence-electron chi connectivity index (χ2n) is 8.52. The van der Waals surface area contributed by atoms with E-state index in [9.17, 15) is 17.6 Å². The predicted octanol–water partition coefficient (Wildman–Crippen LogP) is 2.88. The van der Waals surface area contributed by atoms with Crippen LogP contribution in [0.3, 0.4) is 0 Å². The van der Waals surface area contributed by atoms with Gasteiger partial charge in [-0.05, 0) is 67.3 Å². The van der Waals surface area contributed by atoms with Crippen molar-refractivity contribution in [2.24, 2.45) is 5.92 Å². The molecule has 4 rings (SSSR count). The van der Waals surface area contributed by atoms with Gasteiger partial charge in [0.2, 0.25) is 15.9 Å². The number of hydrogen-bond donors (Lipinski definition) is 0. The normalized spacial score (nSPS) is 19.6. The highest BCUT2D eigenvalue weighted by atomic mass is 32.2. The van der Waals surface area contributed by atoms with Crippen molar-refractivity contribution < 1.29 is 17.6 Å². The van der Waals surface area contributed by atoms with Crippen molar-refractivity contribution in [3.63, 3.8) is 0 Å². The smallest absolute Gasteiger partial charge is 0.242 e. The first kappa shape index (κ1) is 21.9. The van der Waals surface area contributed by atoms with Crippen LogP contribution in [0.25, 0.3) is 0 Å². The van der Waals surface area contributed by atoms with Crippen molar-refractivity contribution in [2.45, 2.75) is 30.7 Å². The molecule has 2 aromatic rings. The zero-order valence-electron chi connectivity index (χ0n) is 17.9. The third kappa shape index (κ3) is 4.51. The van der Waals surface area contributed by atoms with Gasteiger partial charge in [0.1, 0.15) is 5.82 Å². The summed E-state index contributed by atoms with van der Waals surface area (Å²) in [5.74, 6) is -0.235. The molecule has 0 N–H and O–H groups in total. The molecular formula is C23H28FN3O3S. The summed E-state index contributed by atoms with van der Waals surface area (Å²) in [5.41, 5.74) is 2.75. The van der Waals surface area contributed by atoms with Crippen LogP contribution in [-0.4, -0.2) is 57.3 Å². The number of sulfonamides is 1. The monoisotopic (exact) mass is 445 g/mol. The fourth-order valence-corrected chi connectivity index (χ4v) is 5.40. The Hall–Kier alpha value is -2.29. The quantitative estimate of drug-likeness (QED) is 0.710. The highest BCUT2D eigenvalue weighted by molar-refractivity contribution is 7.89. The van der Waals surface area contributed by atoms with E-state index in [2.05, 4.69) is 4.90 Å². The summed E-state index contributed by atoms with van der Waals surface area (Å²) in [4.78, 5) is 17.6. The number of benzene rings is 2. The first-order valence-electron chi connectivity index (χ1n) is 10.6. The van der Waals surface area contributed by atoms with Gasteiger partial charge in [0.25, 0.3) is 0 Å². The van der Waals surface area contributed by atoms with E-state index in [1.54, 1.807) is 30.3 Å². The molecule has 166 valence electrons. The molecular weight excluding hydrogens is 417 g/mol. The molecule has 0 aliphatic carbocycles. The van der Waals surface area contributed by atoms with Crippen LogP contribution in [0.2, 0.25) is 0 Å². The van der Waals surface area contributed by atoms with Crippen molar-refractivity contribution in [1.29, 1.82) is 0 Å². The van der Waals surface area contributed by atoms with E-state index in [0.717, 1.165) is 36.2 Å². The summed E-state index contributed by atoms with van der Waals surface area (Å²) < 4.78 is 39.2. The van der Waals surface area contributed by atoms with Gasteiger partial charge in [-0.25, -0.2) is 17.1 Å². The third-order valence-corrected chi connectivity index (χ3v) is 7.98. The molecule has 2 heterocycles. The highest BCUT2D eigenvalue weighted by Gasteiger charge is 2.33. The number of halogens is 1. The van der Waals surface area contributed by atoms with E-state index in [1.165, 1.54) is 30.5 Å². The van der Waals surface area contributed by atoms with Crippen molar-refractivity contribution in [3.05, 3.63) is 59.4 Å². The zero-order chi connectivity index (χ0) is 22.2. The fourth-order valence-electron chi connectivity index (χ4n) is 4.45. The summed E-state index contributed by atoms with van der Waals surface area (Å²) >= 11 is 0. The van der Waals surface area contributed by atoms with Crippen LogP contribution < -0.4 is 4.90 Å². The Balaban J connectivity index is 1.46. The second-order valence-corrected chi connectivity index (χ2v) is 10.7. The van der Waals surface area contributed by atoms with Gasteiger partial charge in [0.15, 0.2) is 0 Å². The Labute approximate surface area is 183 Å². The molecule has 0 spiro atoms. The number of likely N-dealkylation sites (tertiary alicyclic amines) is 1. The van der Waals surface area contributed by atoms with Gasteiger partial charge >= 0.3 is 0 Å². The maximum Gasteiger partial charge on any atom is 0.242 e. The van der Waals surface area contributed by atoms with Gasteiger partial charge in [-0.2, -0.15) is 0 Å². The van der Waals surface area contributed by atoms with Crippen LogP contribution in [0.15, 0.2) is 47.4 Å². The maximum atomic E-state index is 13.3. The molecule has 31 heavy (non-hydrogen) atoms. The summed E-state index contributed by atoms with van der Waals surface area (Å²) in [6.45, 7) is 2.87. The molecule has 1 atom stereocenters. The first-order chi connectivity index (χ1) is 14.8. The minimum absolute atomic E-state index is 0.0923. The molecule has 0 aromatic heterocycles. The second kappa shape index (κ2) is 8.68. The molecule has 1 saturated heterocycles. The molecule has 2 aliphatic rings. The minimum atomic E-state index is -3.50. The Kier molecular flexibility index (Phi) is 6.14. The topological polar surface area (TPSA) is 60.9 Å². The largest absolute Gasteiger partial charge is 0.312 e. The number of anilines is 1. The fraction of sp³-hybridized carbons (Fsp3) is 0.435. The van der Waals surface area contributed by atoms with Crippen LogP contribution in [0.4, 0.5) is 10.1 Å². The lowest BCUT2D eigenvalue weighted by atomic mass is 9.96. The highest BCUT2D eigenvalue weighted by Crippen LogP contribution is 2.33. The third-order valence-electron chi connectivity index (χ3n) is 6.17. The first-order valence-corrected chi connectivity index (χ1v) is 12.0. The van der Waals surface area contributed by atoms with Gasteiger partial charge < -0.3 is 4.90 Å². The summed E-state index contributed by atoms with van der Waals surface area (Å²) in [6, 6.07) is 11.5. The number of carbonyl (C=O) groups is 1. The van der Waals surface area contributed by atoms with Gasteiger partial charge in [0.05, 0.1) is 10.8 Å². The van der Waals surface area contributed by atoms with Crippen LogP contribution in [0, 0.1) is 11.7 Å². The molecule has 2 aliphatic heterocycles. The van der Waals surface area contributed by atoms with Crippen molar-refractivity contribution in [1.82, 2.24) is 9.21 Å². The summed E-state index contributed by atoms with van der Waals surface area (Å²) in [7, 11) is -0.471.